The minimum Gasteiger partial charge on any atom is -0.493 e. The Bertz CT molecular complexity index is 421. The summed E-state index contributed by atoms with van der Waals surface area (Å²) in [6.45, 7) is 7.16. The van der Waals surface area contributed by atoms with Gasteiger partial charge in [0.15, 0.2) is 11.5 Å². The molecule has 20 heavy (non-hydrogen) atoms. The maximum absolute atomic E-state index is 6.01. The fraction of sp³-hybridized carbons (Fsp3) is 0.625. The Kier molecular flexibility index (Phi) is 7.38. The lowest BCUT2D eigenvalue weighted by atomic mass is 10.0. The van der Waals surface area contributed by atoms with Gasteiger partial charge in [0.25, 0.3) is 0 Å². The number of hydrogen-bond acceptors (Lipinski definition) is 3. The molecule has 0 saturated carbocycles. The van der Waals surface area contributed by atoms with Gasteiger partial charge in [0.2, 0.25) is 0 Å². The molecule has 1 atom stereocenters. The van der Waals surface area contributed by atoms with Gasteiger partial charge in [-0.3, -0.25) is 0 Å². The average molecular weight is 344 g/mol. The van der Waals surface area contributed by atoms with Crippen molar-refractivity contribution in [3.63, 3.8) is 0 Å². The van der Waals surface area contributed by atoms with Crippen LogP contribution < -0.4 is 15.2 Å². The highest BCUT2D eigenvalue weighted by molar-refractivity contribution is 9.10. The Labute approximate surface area is 131 Å². The van der Waals surface area contributed by atoms with Gasteiger partial charge < -0.3 is 15.2 Å². The molecule has 1 rings (SSSR count). The molecule has 0 bridgehead atoms. The van der Waals surface area contributed by atoms with Crippen LogP contribution in [0.2, 0.25) is 0 Å². The van der Waals surface area contributed by atoms with E-state index >= 15 is 0 Å². The second-order valence-corrected chi connectivity index (χ2v) is 6.37. The maximum atomic E-state index is 6.01. The smallest absolute Gasteiger partial charge is 0.175 e. The third-order valence-corrected chi connectivity index (χ3v) is 3.84. The molecule has 0 aliphatic heterocycles. The zero-order valence-corrected chi connectivity index (χ0v) is 14.5. The van der Waals surface area contributed by atoms with Gasteiger partial charge in [-0.25, -0.2) is 0 Å². The second kappa shape index (κ2) is 8.53. The highest BCUT2D eigenvalue weighted by Gasteiger charge is 2.13. The topological polar surface area (TPSA) is 44.5 Å². The highest BCUT2D eigenvalue weighted by atomic mass is 79.9. The van der Waals surface area contributed by atoms with E-state index in [4.69, 9.17) is 15.2 Å². The van der Waals surface area contributed by atoms with E-state index in [9.17, 15) is 0 Å². The number of methoxy groups -OCH3 is 1. The molecule has 0 aromatic heterocycles. The highest BCUT2D eigenvalue weighted by Crippen LogP contribution is 2.37. The van der Waals surface area contributed by atoms with E-state index in [0.717, 1.165) is 35.2 Å². The van der Waals surface area contributed by atoms with Crippen molar-refractivity contribution in [2.24, 2.45) is 11.7 Å². The first kappa shape index (κ1) is 17.3. The van der Waals surface area contributed by atoms with Gasteiger partial charge in [-0.1, -0.05) is 20.8 Å². The number of nitrogens with two attached hydrogens (primary N) is 1. The zero-order valence-electron chi connectivity index (χ0n) is 12.9. The fourth-order valence-electron chi connectivity index (χ4n) is 1.87. The molecular weight excluding hydrogens is 318 g/mol. The quantitative estimate of drug-likeness (QED) is 0.770. The van der Waals surface area contributed by atoms with Crippen LogP contribution in [-0.4, -0.2) is 19.8 Å². The molecule has 1 aromatic rings. The molecule has 1 aromatic carbocycles. The van der Waals surface area contributed by atoms with E-state index in [1.807, 2.05) is 6.07 Å². The molecule has 0 saturated heterocycles. The molecule has 0 aliphatic rings. The predicted octanol–water partition coefficient (Wildman–Crippen LogP) is 4.16. The fourth-order valence-corrected chi connectivity index (χ4v) is 2.48. The molecule has 1 unspecified atom stereocenters. The molecule has 3 nitrogen and oxygen atoms in total. The lowest BCUT2D eigenvalue weighted by Crippen LogP contribution is -2.21. The third-order valence-electron chi connectivity index (χ3n) is 3.25. The number of hydrogen-bond donors (Lipinski definition) is 1. The van der Waals surface area contributed by atoms with Crippen LogP contribution in [0, 0.1) is 5.92 Å². The van der Waals surface area contributed by atoms with E-state index in [-0.39, 0.29) is 6.04 Å². The third kappa shape index (κ3) is 5.33. The van der Waals surface area contributed by atoms with Crippen molar-refractivity contribution in [1.82, 2.24) is 0 Å². The number of halogens is 1. The van der Waals surface area contributed by atoms with Crippen LogP contribution in [0.4, 0.5) is 0 Å². The predicted molar refractivity (Wildman–Crippen MR) is 87.6 cm³/mol. The Morgan fingerprint density at radius 1 is 1.30 bits per heavy atom. The summed E-state index contributed by atoms with van der Waals surface area (Å²) in [6.07, 6.45) is 2.84. The van der Waals surface area contributed by atoms with Crippen molar-refractivity contribution in [1.29, 1.82) is 0 Å². The minimum absolute atomic E-state index is 0.180. The average Bonchev–Trinajstić information content (AvgIpc) is 2.40. The van der Waals surface area contributed by atoms with Crippen LogP contribution >= 0.6 is 15.9 Å². The van der Waals surface area contributed by atoms with Crippen LogP contribution in [0.5, 0.6) is 11.5 Å². The summed E-state index contributed by atoms with van der Waals surface area (Å²) < 4.78 is 12.2. The van der Waals surface area contributed by atoms with Crippen molar-refractivity contribution < 1.29 is 9.47 Å². The van der Waals surface area contributed by atoms with E-state index in [1.165, 1.54) is 5.56 Å². The molecule has 4 heteroatoms. The van der Waals surface area contributed by atoms with Gasteiger partial charge in [-0.15, -0.1) is 0 Å². The van der Waals surface area contributed by atoms with Crippen molar-refractivity contribution in [3.8, 4) is 11.5 Å². The molecule has 2 N–H and O–H groups in total. The van der Waals surface area contributed by atoms with E-state index in [1.54, 1.807) is 7.11 Å². The Morgan fingerprint density at radius 3 is 2.55 bits per heavy atom. The van der Waals surface area contributed by atoms with Crippen molar-refractivity contribution in [2.45, 2.75) is 46.1 Å². The van der Waals surface area contributed by atoms with E-state index in [2.05, 4.69) is 42.8 Å². The number of benzene rings is 1. The van der Waals surface area contributed by atoms with Crippen molar-refractivity contribution in [2.75, 3.05) is 13.7 Å². The summed E-state index contributed by atoms with van der Waals surface area (Å²) in [5, 5.41) is 0. The summed E-state index contributed by atoms with van der Waals surface area (Å²) in [7, 11) is 1.67. The Morgan fingerprint density at radius 2 is 2.00 bits per heavy atom. The molecule has 114 valence electrons. The van der Waals surface area contributed by atoms with Crippen molar-refractivity contribution >= 4 is 15.9 Å². The van der Waals surface area contributed by atoms with Crippen molar-refractivity contribution in [3.05, 3.63) is 22.2 Å². The lowest BCUT2D eigenvalue weighted by Gasteiger charge is -2.16. The number of rotatable bonds is 8. The zero-order chi connectivity index (χ0) is 15.1. The van der Waals surface area contributed by atoms with Crippen LogP contribution in [0.25, 0.3) is 0 Å². The van der Waals surface area contributed by atoms with Gasteiger partial charge in [-0.2, -0.15) is 0 Å². The van der Waals surface area contributed by atoms with E-state index < -0.39 is 0 Å². The summed E-state index contributed by atoms with van der Waals surface area (Å²) >= 11 is 3.57. The maximum Gasteiger partial charge on any atom is 0.175 e. The normalized spacial score (nSPS) is 12.6. The van der Waals surface area contributed by atoms with Gasteiger partial charge >= 0.3 is 0 Å². The first-order chi connectivity index (χ1) is 9.47. The van der Waals surface area contributed by atoms with Crippen LogP contribution in [0.15, 0.2) is 16.6 Å². The standard InChI is InChI=1S/C16H26BrNO2/c1-5-13(18)8-12-9-14(17)16(15(10-12)19-4)20-7-6-11(2)3/h9-11,13H,5-8,18H2,1-4H3. The second-order valence-electron chi connectivity index (χ2n) is 5.51. The Hall–Kier alpha value is -0.740. The minimum atomic E-state index is 0.180. The molecule has 0 heterocycles. The van der Waals surface area contributed by atoms with Gasteiger partial charge in [-0.05, 0) is 58.8 Å². The summed E-state index contributed by atoms with van der Waals surface area (Å²) in [5.41, 5.74) is 7.18. The largest absolute Gasteiger partial charge is 0.493 e. The van der Waals surface area contributed by atoms with Gasteiger partial charge in [0.1, 0.15) is 0 Å². The SMILES string of the molecule is CCC(N)Cc1cc(Br)c(OCCC(C)C)c(OC)c1. The summed E-state index contributed by atoms with van der Waals surface area (Å²) in [4.78, 5) is 0. The lowest BCUT2D eigenvalue weighted by molar-refractivity contribution is 0.271. The van der Waals surface area contributed by atoms with Crippen LogP contribution in [0.3, 0.4) is 0 Å². The molecule has 0 amide bonds. The first-order valence-electron chi connectivity index (χ1n) is 7.22. The van der Waals surface area contributed by atoms with Crippen LogP contribution in [-0.2, 0) is 6.42 Å². The molecule has 0 spiro atoms. The molecule has 0 radical (unpaired) electrons. The monoisotopic (exact) mass is 343 g/mol. The number of ether oxygens (including phenoxy) is 2. The molecule has 0 aliphatic carbocycles. The van der Waals surface area contributed by atoms with Gasteiger partial charge in [0.05, 0.1) is 18.2 Å². The van der Waals surface area contributed by atoms with E-state index in [0.29, 0.717) is 12.5 Å². The summed E-state index contributed by atoms with van der Waals surface area (Å²) in [5.74, 6) is 2.17. The first-order valence-corrected chi connectivity index (χ1v) is 8.02. The van der Waals surface area contributed by atoms with Crippen LogP contribution in [0.1, 0.15) is 39.2 Å². The Balaban J connectivity index is 2.84. The van der Waals surface area contributed by atoms with Gasteiger partial charge in [0, 0.05) is 6.04 Å². The molecule has 0 fully saturated rings. The molecular formula is C16H26BrNO2. The summed E-state index contributed by atoms with van der Waals surface area (Å²) in [6, 6.07) is 4.27.